The largest absolute Gasteiger partial charge is 0.476 e. The summed E-state index contributed by atoms with van der Waals surface area (Å²) in [5.41, 5.74) is 1.90. The van der Waals surface area contributed by atoms with Gasteiger partial charge >= 0.3 is 5.97 Å². The molecule has 0 saturated heterocycles. The van der Waals surface area contributed by atoms with Crippen LogP contribution in [-0.2, 0) is 0 Å². The monoisotopic (exact) mass is 298 g/mol. The molecular formula is C15H14N4O3. The summed E-state index contributed by atoms with van der Waals surface area (Å²) in [5.74, 6) is -0.748. The second-order valence-electron chi connectivity index (χ2n) is 4.89. The number of carboxylic acid groups (broad SMARTS) is 1. The van der Waals surface area contributed by atoms with E-state index >= 15 is 0 Å². The maximum absolute atomic E-state index is 11.3. The maximum atomic E-state index is 11.3. The lowest BCUT2D eigenvalue weighted by atomic mass is 10.2. The molecule has 7 heteroatoms. The van der Waals surface area contributed by atoms with Crippen LogP contribution in [0.2, 0.25) is 0 Å². The topological polar surface area (TPSA) is 84.4 Å². The number of carboxylic acids is 1. The predicted octanol–water partition coefficient (Wildman–Crippen LogP) is 2.29. The zero-order chi connectivity index (χ0) is 15.7. The smallest absolute Gasteiger partial charge is 0.358 e. The van der Waals surface area contributed by atoms with Gasteiger partial charge in [0, 0.05) is 19.8 Å². The van der Waals surface area contributed by atoms with Crippen LogP contribution in [0.3, 0.4) is 0 Å². The normalized spacial score (nSPS) is 10.6. The molecule has 22 heavy (non-hydrogen) atoms. The number of aromatic carboxylic acids is 1. The fourth-order valence-electron chi connectivity index (χ4n) is 2.13. The number of carbonyl (C=O) groups is 1. The summed E-state index contributed by atoms with van der Waals surface area (Å²) in [6.45, 7) is 0. The third-order valence-electron chi connectivity index (χ3n) is 3.24. The average Bonchev–Trinajstić information content (AvgIpc) is 3.16. The van der Waals surface area contributed by atoms with Crippen molar-refractivity contribution in [3.63, 3.8) is 0 Å². The Morgan fingerprint density at radius 2 is 1.95 bits per heavy atom. The minimum atomic E-state index is -1.15. The zero-order valence-corrected chi connectivity index (χ0v) is 12.1. The molecule has 1 N–H and O–H groups in total. The fraction of sp³-hybridized carbons (Fsp3) is 0.133. The number of hydrogen-bond donors (Lipinski definition) is 1. The molecule has 0 atom stereocenters. The van der Waals surface area contributed by atoms with E-state index in [1.54, 1.807) is 12.1 Å². The molecule has 0 saturated carbocycles. The third kappa shape index (κ3) is 2.32. The van der Waals surface area contributed by atoms with E-state index in [4.69, 9.17) is 4.42 Å². The van der Waals surface area contributed by atoms with E-state index in [9.17, 15) is 9.90 Å². The number of furan rings is 1. The van der Waals surface area contributed by atoms with E-state index in [1.165, 1.54) is 10.9 Å². The van der Waals surface area contributed by atoms with E-state index in [-0.39, 0.29) is 5.69 Å². The van der Waals surface area contributed by atoms with Gasteiger partial charge in [-0.1, -0.05) is 5.21 Å². The number of rotatable bonds is 4. The number of aromatic nitrogens is 3. The van der Waals surface area contributed by atoms with Crippen molar-refractivity contribution in [2.24, 2.45) is 0 Å². The van der Waals surface area contributed by atoms with Crippen molar-refractivity contribution in [1.29, 1.82) is 0 Å². The van der Waals surface area contributed by atoms with Gasteiger partial charge in [0.05, 0.1) is 12.0 Å². The Balaban J connectivity index is 2.13. The van der Waals surface area contributed by atoms with E-state index in [1.807, 2.05) is 43.3 Å². The Bertz CT molecular complexity index is 789. The standard InChI is InChI=1S/C15H14N4O3/c1-18(2)10-5-7-11(8-6-10)19-14(12-4-3-9-22-12)13(15(20)21)16-17-19/h3-9H,1-2H3,(H,20,21). The fourth-order valence-corrected chi connectivity index (χ4v) is 2.13. The second-order valence-corrected chi connectivity index (χ2v) is 4.89. The SMILES string of the molecule is CN(C)c1ccc(-n2nnc(C(=O)O)c2-c2ccco2)cc1. The lowest BCUT2D eigenvalue weighted by Crippen LogP contribution is -2.08. The highest BCUT2D eigenvalue weighted by Crippen LogP contribution is 2.26. The van der Waals surface area contributed by atoms with Crippen LogP contribution in [0.4, 0.5) is 5.69 Å². The lowest BCUT2D eigenvalue weighted by Gasteiger charge is -2.13. The highest BCUT2D eigenvalue weighted by Gasteiger charge is 2.23. The van der Waals surface area contributed by atoms with Gasteiger partial charge in [0.1, 0.15) is 5.69 Å². The Labute approximate surface area is 126 Å². The first-order chi connectivity index (χ1) is 10.6. The van der Waals surface area contributed by atoms with Crippen molar-refractivity contribution in [2.75, 3.05) is 19.0 Å². The molecule has 0 amide bonds. The Morgan fingerprint density at radius 1 is 1.23 bits per heavy atom. The summed E-state index contributed by atoms with van der Waals surface area (Å²) >= 11 is 0. The summed E-state index contributed by atoms with van der Waals surface area (Å²) in [7, 11) is 3.89. The van der Waals surface area contributed by atoms with Crippen LogP contribution >= 0.6 is 0 Å². The van der Waals surface area contributed by atoms with E-state index in [2.05, 4.69) is 10.3 Å². The van der Waals surface area contributed by atoms with Crippen LogP contribution in [0.5, 0.6) is 0 Å². The molecule has 112 valence electrons. The summed E-state index contributed by atoms with van der Waals surface area (Å²) in [6.07, 6.45) is 1.48. The van der Waals surface area contributed by atoms with Crippen molar-refractivity contribution in [3.05, 3.63) is 48.4 Å². The van der Waals surface area contributed by atoms with Crippen LogP contribution in [0.15, 0.2) is 47.1 Å². The summed E-state index contributed by atoms with van der Waals surface area (Å²) in [6, 6.07) is 10.9. The van der Waals surface area contributed by atoms with Gasteiger partial charge < -0.3 is 14.4 Å². The molecule has 2 aromatic heterocycles. The quantitative estimate of drug-likeness (QED) is 0.795. The Hall–Kier alpha value is -3.09. The number of benzene rings is 1. The third-order valence-corrected chi connectivity index (χ3v) is 3.24. The van der Waals surface area contributed by atoms with Crippen molar-refractivity contribution in [1.82, 2.24) is 15.0 Å². The Morgan fingerprint density at radius 3 is 2.50 bits per heavy atom. The molecule has 7 nitrogen and oxygen atoms in total. The predicted molar refractivity (Wildman–Crippen MR) is 80.3 cm³/mol. The number of nitrogens with zero attached hydrogens (tertiary/aromatic N) is 4. The van der Waals surface area contributed by atoms with Gasteiger partial charge in [-0.25, -0.2) is 9.48 Å². The molecule has 0 spiro atoms. The molecule has 0 radical (unpaired) electrons. The van der Waals surface area contributed by atoms with Gasteiger partial charge in [-0.2, -0.15) is 0 Å². The Kier molecular flexibility index (Phi) is 3.38. The van der Waals surface area contributed by atoms with Crippen LogP contribution in [0.1, 0.15) is 10.5 Å². The molecule has 1 aromatic carbocycles. The van der Waals surface area contributed by atoms with Gasteiger partial charge in [0.2, 0.25) is 5.69 Å². The first kappa shape index (κ1) is 13.9. The molecule has 2 heterocycles. The van der Waals surface area contributed by atoms with Crippen LogP contribution in [0, 0.1) is 0 Å². The van der Waals surface area contributed by atoms with Crippen molar-refractivity contribution in [2.45, 2.75) is 0 Å². The van der Waals surface area contributed by atoms with Crippen molar-refractivity contribution in [3.8, 4) is 17.1 Å². The van der Waals surface area contributed by atoms with Gasteiger partial charge in [-0.05, 0) is 36.4 Å². The van der Waals surface area contributed by atoms with E-state index in [0.29, 0.717) is 17.1 Å². The van der Waals surface area contributed by atoms with E-state index < -0.39 is 5.97 Å². The first-order valence-electron chi connectivity index (χ1n) is 6.58. The molecule has 3 aromatic rings. The van der Waals surface area contributed by atoms with Gasteiger partial charge in [0.15, 0.2) is 5.76 Å². The summed E-state index contributed by atoms with van der Waals surface area (Å²) < 4.78 is 6.78. The van der Waals surface area contributed by atoms with Crippen LogP contribution < -0.4 is 4.90 Å². The molecule has 0 aliphatic carbocycles. The number of anilines is 1. The highest BCUT2D eigenvalue weighted by molar-refractivity contribution is 5.92. The summed E-state index contributed by atoms with van der Waals surface area (Å²) in [5, 5.41) is 17.0. The second kappa shape index (κ2) is 5.36. The minimum absolute atomic E-state index is 0.147. The van der Waals surface area contributed by atoms with Crippen molar-refractivity contribution < 1.29 is 14.3 Å². The van der Waals surface area contributed by atoms with Crippen LogP contribution in [0.25, 0.3) is 17.1 Å². The van der Waals surface area contributed by atoms with Crippen molar-refractivity contribution >= 4 is 11.7 Å². The average molecular weight is 298 g/mol. The molecule has 0 unspecified atom stereocenters. The van der Waals surface area contributed by atoms with Gasteiger partial charge in [-0.3, -0.25) is 0 Å². The zero-order valence-electron chi connectivity index (χ0n) is 12.1. The minimum Gasteiger partial charge on any atom is -0.476 e. The molecule has 3 rings (SSSR count). The van der Waals surface area contributed by atoms with Gasteiger partial charge in [0.25, 0.3) is 0 Å². The van der Waals surface area contributed by atoms with Gasteiger partial charge in [-0.15, -0.1) is 5.10 Å². The number of hydrogen-bond acceptors (Lipinski definition) is 5. The first-order valence-corrected chi connectivity index (χ1v) is 6.58. The maximum Gasteiger partial charge on any atom is 0.358 e. The van der Waals surface area contributed by atoms with Crippen LogP contribution in [-0.4, -0.2) is 40.2 Å². The molecule has 0 aliphatic heterocycles. The van der Waals surface area contributed by atoms with E-state index in [0.717, 1.165) is 5.69 Å². The lowest BCUT2D eigenvalue weighted by molar-refractivity contribution is 0.0691. The highest BCUT2D eigenvalue weighted by atomic mass is 16.4. The molecule has 0 fully saturated rings. The molecule has 0 bridgehead atoms. The summed E-state index contributed by atoms with van der Waals surface area (Å²) in [4.78, 5) is 13.3. The molecular weight excluding hydrogens is 284 g/mol. The molecule has 0 aliphatic rings.